The molecule has 1 amide bonds. The maximum absolute atomic E-state index is 12.7. The molecule has 0 saturated carbocycles. The molecule has 0 spiro atoms. The summed E-state index contributed by atoms with van der Waals surface area (Å²) in [4.78, 5) is 22.8. The van der Waals surface area contributed by atoms with E-state index in [-0.39, 0.29) is 11.3 Å². The summed E-state index contributed by atoms with van der Waals surface area (Å²) in [5.41, 5.74) is 2.63. The van der Waals surface area contributed by atoms with Gasteiger partial charge >= 0.3 is 0 Å². The summed E-state index contributed by atoms with van der Waals surface area (Å²) in [5, 5.41) is 0. The summed E-state index contributed by atoms with van der Waals surface area (Å²) >= 11 is 1.64. The first-order valence-electron chi connectivity index (χ1n) is 10.9. The molecule has 0 N–H and O–H groups in total. The molecule has 0 bridgehead atoms. The predicted molar refractivity (Wildman–Crippen MR) is 126 cm³/mol. The second-order valence-corrected chi connectivity index (χ2v) is 10.3. The molecular formula is C25H35N3OS. The molecule has 4 nitrogen and oxygen atoms in total. The zero-order chi connectivity index (χ0) is 21.6. The van der Waals surface area contributed by atoms with E-state index in [9.17, 15) is 4.79 Å². The normalized spacial score (nSPS) is 15.9. The van der Waals surface area contributed by atoms with Gasteiger partial charge < -0.3 is 9.80 Å². The Morgan fingerprint density at radius 1 is 1.13 bits per heavy atom. The second-order valence-electron chi connectivity index (χ2n) is 9.21. The van der Waals surface area contributed by atoms with Crippen LogP contribution in [0.1, 0.15) is 44.9 Å². The Kier molecular flexibility index (Phi) is 7.95. The van der Waals surface area contributed by atoms with E-state index in [2.05, 4.69) is 61.0 Å². The Morgan fingerprint density at radius 2 is 1.83 bits per heavy atom. The Morgan fingerprint density at radius 3 is 2.43 bits per heavy atom. The van der Waals surface area contributed by atoms with Crippen molar-refractivity contribution < 1.29 is 4.79 Å². The van der Waals surface area contributed by atoms with Crippen LogP contribution in [0.15, 0.2) is 53.6 Å². The van der Waals surface area contributed by atoms with Crippen molar-refractivity contribution in [1.82, 2.24) is 14.8 Å². The van der Waals surface area contributed by atoms with Crippen LogP contribution in [-0.2, 0) is 16.6 Å². The fourth-order valence-corrected chi connectivity index (χ4v) is 4.67. The number of benzene rings is 1. The van der Waals surface area contributed by atoms with Gasteiger partial charge in [-0.05, 0) is 48.1 Å². The molecule has 1 saturated heterocycles. The van der Waals surface area contributed by atoms with E-state index >= 15 is 0 Å². The first kappa shape index (κ1) is 22.8. The number of rotatable bonds is 7. The lowest BCUT2D eigenvalue weighted by molar-refractivity contribution is -0.129. The molecule has 0 atom stereocenters. The van der Waals surface area contributed by atoms with Crippen molar-refractivity contribution in [2.24, 2.45) is 0 Å². The van der Waals surface area contributed by atoms with E-state index in [1.165, 1.54) is 5.56 Å². The van der Waals surface area contributed by atoms with Gasteiger partial charge in [-0.2, -0.15) is 0 Å². The van der Waals surface area contributed by atoms with Gasteiger partial charge in [-0.1, -0.05) is 39.0 Å². The maximum atomic E-state index is 12.7. The molecule has 1 aliphatic rings. The molecule has 0 radical (unpaired) electrons. The number of carbonyl (C=O) groups excluding carboxylic acids is 1. The van der Waals surface area contributed by atoms with Crippen LogP contribution < -0.4 is 0 Å². The number of thioether (sulfide) groups is 1. The highest BCUT2D eigenvalue weighted by Gasteiger charge is 2.25. The monoisotopic (exact) mass is 425 g/mol. The highest BCUT2D eigenvalue weighted by molar-refractivity contribution is 8.00. The van der Waals surface area contributed by atoms with Gasteiger partial charge in [0, 0.05) is 55.9 Å². The van der Waals surface area contributed by atoms with Crippen molar-refractivity contribution >= 4 is 17.7 Å². The third-order valence-electron chi connectivity index (χ3n) is 5.99. The summed E-state index contributed by atoms with van der Waals surface area (Å²) in [5.74, 6) is 0.734. The van der Waals surface area contributed by atoms with Crippen LogP contribution in [0.25, 0.3) is 0 Å². The number of piperidine rings is 1. The van der Waals surface area contributed by atoms with Gasteiger partial charge in [0.05, 0.1) is 5.75 Å². The highest BCUT2D eigenvalue weighted by atomic mass is 32.2. The quantitative estimate of drug-likeness (QED) is 0.606. The van der Waals surface area contributed by atoms with Crippen LogP contribution >= 0.6 is 11.8 Å². The summed E-state index contributed by atoms with van der Waals surface area (Å²) in [6.45, 7) is 9.81. The number of likely N-dealkylation sites (tertiary alicyclic amines) is 1. The molecule has 1 aliphatic heterocycles. The Labute approximate surface area is 186 Å². The first-order valence-corrected chi connectivity index (χ1v) is 11.9. The molecule has 2 aromatic rings. The lowest BCUT2D eigenvalue weighted by Gasteiger charge is -2.36. The van der Waals surface area contributed by atoms with Gasteiger partial charge in [0.2, 0.25) is 5.91 Å². The Hall–Kier alpha value is -1.85. The minimum atomic E-state index is 0.158. The summed E-state index contributed by atoms with van der Waals surface area (Å²) in [6, 6.07) is 15.1. The van der Waals surface area contributed by atoms with E-state index < -0.39 is 0 Å². The highest BCUT2D eigenvalue weighted by Crippen LogP contribution is 2.26. The maximum Gasteiger partial charge on any atom is 0.232 e. The number of nitrogens with zero attached hydrogens (tertiary/aromatic N) is 3. The van der Waals surface area contributed by atoms with Crippen molar-refractivity contribution in [3.63, 3.8) is 0 Å². The van der Waals surface area contributed by atoms with Crippen molar-refractivity contribution in [2.75, 3.05) is 32.4 Å². The van der Waals surface area contributed by atoms with E-state index in [0.717, 1.165) is 49.5 Å². The molecule has 5 heteroatoms. The molecule has 0 unspecified atom stereocenters. The standard InChI is InChI=1S/C25H35N3OS/c1-25(2,3)20-8-10-23(11-9-20)30-19-24(29)27(4)22-13-17-28(18-14-22)16-12-21-7-5-6-15-26-21/h5-11,15,22H,12-14,16-19H2,1-4H3. The minimum Gasteiger partial charge on any atom is -0.342 e. The van der Waals surface area contributed by atoms with Crippen LogP contribution in [0.4, 0.5) is 0 Å². The fourth-order valence-electron chi connectivity index (χ4n) is 3.85. The number of amides is 1. The van der Waals surface area contributed by atoms with Crippen LogP contribution in [0.5, 0.6) is 0 Å². The van der Waals surface area contributed by atoms with Crippen LogP contribution in [0.3, 0.4) is 0 Å². The minimum absolute atomic E-state index is 0.158. The Balaban J connectivity index is 1.40. The van der Waals surface area contributed by atoms with Crippen molar-refractivity contribution in [1.29, 1.82) is 0 Å². The third-order valence-corrected chi connectivity index (χ3v) is 6.99. The zero-order valence-corrected chi connectivity index (χ0v) is 19.6. The molecule has 3 rings (SSSR count). The number of pyridine rings is 1. The summed E-state index contributed by atoms with van der Waals surface area (Å²) in [7, 11) is 1.97. The summed E-state index contributed by atoms with van der Waals surface area (Å²) in [6.07, 6.45) is 4.95. The Bertz CT molecular complexity index is 793. The van der Waals surface area contributed by atoms with Gasteiger partial charge in [0.1, 0.15) is 0 Å². The third kappa shape index (κ3) is 6.58. The van der Waals surface area contributed by atoms with Crippen molar-refractivity contribution in [2.45, 2.75) is 56.4 Å². The molecule has 1 aromatic heterocycles. The number of carbonyl (C=O) groups is 1. The van der Waals surface area contributed by atoms with Gasteiger partial charge in [-0.3, -0.25) is 9.78 Å². The lowest BCUT2D eigenvalue weighted by atomic mass is 9.87. The number of hydrogen-bond acceptors (Lipinski definition) is 4. The molecule has 0 aliphatic carbocycles. The predicted octanol–water partition coefficient (Wildman–Crippen LogP) is 4.64. The lowest BCUT2D eigenvalue weighted by Crippen LogP contribution is -2.46. The molecule has 2 heterocycles. The fraction of sp³-hybridized carbons (Fsp3) is 0.520. The van der Waals surface area contributed by atoms with E-state index in [1.54, 1.807) is 11.8 Å². The zero-order valence-electron chi connectivity index (χ0n) is 18.8. The van der Waals surface area contributed by atoms with Crippen LogP contribution in [0, 0.1) is 0 Å². The van der Waals surface area contributed by atoms with E-state index in [1.807, 2.05) is 30.3 Å². The average Bonchev–Trinajstić information content (AvgIpc) is 2.76. The van der Waals surface area contributed by atoms with E-state index in [0.29, 0.717) is 11.8 Å². The molecular weight excluding hydrogens is 390 g/mol. The van der Waals surface area contributed by atoms with Crippen LogP contribution in [-0.4, -0.2) is 59.2 Å². The molecule has 162 valence electrons. The molecule has 1 aromatic carbocycles. The first-order chi connectivity index (χ1) is 14.3. The van der Waals surface area contributed by atoms with Gasteiger partial charge in [0.15, 0.2) is 0 Å². The van der Waals surface area contributed by atoms with Gasteiger partial charge in [-0.15, -0.1) is 11.8 Å². The number of aromatic nitrogens is 1. The SMILES string of the molecule is CN(C(=O)CSc1ccc(C(C)(C)C)cc1)C1CCN(CCc2ccccn2)CC1. The topological polar surface area (TPSA) is 36.4 Å². The molecule has 1 fully saturated rings. The van der Waals surface area contributed by atoms with Gasteiger partial charge in [0.25, 0.3) is 0 Å². The largest absolute Gasteiger partial charge is 0.342 e. The molecule has 30 heavy (non-hydrogen) atoms. The smallest absolute Gasteiger partial charge is 0.232 e. The van der Waals surface area contributed by atoms with Crippen LogP contribution in [0.2, 0.25) is 0 Å². The average molecular weight is 426 g/mol. The van der Waals surface area contributed by atoms with E-state index in [4.69, 9.17) is 0 Å². The van der Waals surface area contributed by atoms with Crippen molar-refractivity contribution in [3.8, 4) is 0 Å². The van der Waals surface area contributed by atoms with Gasteiger partial charge in [-0.25, -0.2) is 0 Å². The summed E-state index contributed by atoms with van der Waals surface area (Å²) < 4.78 is 0. The number of hydrogen-bond donors (Lipinski definition) is 0. The van der Waals surface area contributed by atoms with Crippen molar-refractivity contribution in [3.05, 3.63) is 59.9 Å². The second kappa shape index (κ2) is 10.5.